The Bertz CT molecular complexity index is 1730. The van der Waals surface area contributed by atoms with Gasteiger partial charge in [0.05, 0.1) is 42.5 Å². The predicted molar refractivity (Wildman–Crippen MR) is 169 cm³/mol. The number of rotatable bonds is 7. The Morgan fingerprint density at radius 3 is 2.32 bits per heavy atom. The van der Waals surface area contributed by atoms with Crippen molar-refractivity contribution in [2.75, 3.05) is 23.0 Å². The summed E-state index contributed by atoms with van der Waals surface area (Å²) in [5.41, 5.74) is 10.1. The molecule has 3 heterocycles. The molecular weight excluding hydrogens is 555 g/mol. The summed E-state index contributed by atoms with van der Waals surface area (Å²) in [7, 11) is -2.04. The number of ether oxygens (including phenoxy) is 1. The molecule has 214 valence electrons. The van der Waals surface area contributed by atoms with E-state index in [9.17, 15) is 8.42 Å². The minimum atomic E-state index is -3.54. The van der Waals surface area contributed by atoms with E-state index in [-0.39, 0.29) is 12.1 Å². The number of benzene rings is 2. The van der Waals surface area contributed by atoms with Crippen LogP contribution in [0.4, 0.5) is 11.4 Å². The molecule has 2 aromatic heterocycles. The van der Waals surface area contributed by atoms with Crippen LogP contribution in [-0.4, -0.2) is 36.4 Å². The van der Waals surface area contributed by atoms with Gasteiger partial charge in [-0.25, -0.2) is 8.42 Å². The molecule has 0 radical (unpaired) electrons. The molecule has 1 aliphatic heterocycles. The minimum absolute atomic E-state index is 0.244. The van der Waals surface area contributed by atoms with Crippen molar-refractivity contribution in [1.29, 1.82) is 0 Å². The zero-order chi connectivity index (χ0) is 29.6. The van der Waals surface area contributed by atoms with Crippen LogP contribution in [0, 0.1) is 34.6 Å². The summed E-state index contributed by atoms with van der Waals surface area (Å²) in [5, 5.41) is 4.03. The van der Waals surface area contributed by atoms with Crippen molar-refractivity contribution in [3.63, 3.8) is 0 Å². The monoisotopic (exact) mass is 589 g/mol. The minimum Gasteiger partial charge on any atom is -0.495 e. The molecule has 2 atom stereocenters. The van der Waals surface area contributed by atoms with E-state index in [0.29, 0.717) is 16.5 Å². The third-order valence-corrected chi connectivity index (χ3v) is 8.41. The first kappa shape index (κ1) is 28.6. The van der Waals surface area contributed by atoms with Gasteiger partial charge in [0.25, 0.3) is 0 Å². The van der Waals surface area contributed by atoms with Gasteiger partial charge in [0.15, 0.2) is 5.11 Å². The van der Waals surface area contributed by atoms with Crippen molar-refractivity contribution in [3.8, 4) is 11.4 Å². The first-order valence-corrected chi connectivity index (χ1v) is 15.6. The Kier molecular flexibility index (Phi) is 7.56. The first-order chi connectivity index (χ1) is 19.4. The highest BCUT2D eigenvalue weighted by atomic mass is 32.2. The summed E-state index contributed by atoms with van der Waals surface area (Å²) in [6.07, 6.45) is 2.90. The zero-order valence-corrected chi connectivity index (χ0v) is 25.9. The number of sulfonamides is 1. The molecule has 0 aliphatic carbocycles. The van der Waals surface area contributed by atoms with Crippen molar-refractivity contribution in [3.05, 3.63) is 100 Å². The maximum atomic E-state index is 12.2. The summed E-state index contributed by atoms with van der Waals surface area (Å²) in [6.45, 7) is 10.7. The zero-order valence-electron chi connectivity index (χ0n) is 24.3. The molecule has 5 rings (SSSR count). The van der Waals surface area contributed by atoms with Crippen molar-refractivity contribution < 1.29 is 13.2 Å². The highest BCUT2D eigenvalue weighted by Crippen LogP contribution is 2.45. The van der Waals surface area contributed by atoms with Gasteiger partial charge in [-0.2, -0.15) is 0 Å². The second kappa shape index (κ2) is 10.8. The van der Waals surface area contributed by atoms with Gasteiger partial charge in [-0.05, 0) is 99.9 Å². The van der Waals surface area contributed by atoms with Gasteiger partial charge < -0.3 is 19.5 Å². The van der Waals surface area contributed by atoms with E-state index in [1.165, 1.54) is 29.5 Å². The topological polar surface area (TPSA) is 88.5 Å². The molecule has 10 heteroatoms. The van der Waals surface area contributed by atoms with Gasteiger partial charge >= 0.3 is 0 Å². The first-order valence-electron chi connectivity index (χ1n) is 13.3. The number of methoxy groups -OCH3 is 1. The lowest BCUT2D eigenvalue weighted by molar-refractivity contribution is 0.417. The summed E-state index contributed by atoms with van der Waals surface area (Å²) in [6, 6.07) is 17.4. The summed E-state index contributed by atoms with van der Waals surface area (Å²) >= 11 is 5.93. The average molecular weight is 590 g/mol. The molecule has 0 bridgehead atoms. The fourth-order valence-electron chi connectivity index (χ4n) is 6.03. The summed E-state index contributed by atoms with van der Waals surface area (Å²) in [4.78, 5) is 6.72. The van der Waals surface area contributed by atoms with Crippen LogP contribution in [0.25, 0.3) is 5.69 Å². The molecule has 1 fully saturated rings. The molecule has 2 aromatic carbocycles. The van der Waals surface area contributed by atoms with Gasteiger partial charge in [-0.15, -0.1) is 0 Å². The van der Waals surface area contributed by atoms with Crippen LogP contribution in [0.5, 0.6) is 5.75 Å². The number of aromatic nitrogens is 2. The molecule has 4 aromatic rings. The Morgan fingerprint density at radius 1 is 1.00 bits per heavy atom. The maximum Gasteiger partial charge on any atom is 0.229 e. The van der Waals surface area contributed by atoms with Gasteiger partial charge in [0, 0.05) is 23.3 Å². The van der Waals surface area contributed by atoms with Gasteiger partial charge in [0.2, 0.25) is 10.0 Å². The highest BCUT2D eigenvalue weighted by molar-refractivity contribution is 7.92. The molecule has 0 amide bonds. The van der Waals surface area contributed by atoms with Crippen molar-refractivity contribution in [2.45, 2.75) is 46.7 Å². The lowest BCUT2D eigenvalue weighted by Crippen LogP contribution is -2.29. The fourth-order valence-corrected chi connectivity index (χ4v) is 6.94. The predicted octanol–water partition coefficient (Wildman–Crippen LogP) is 5.97. The molecule has 1 saturated heterocycles. The Labute approximate surface area is 247 Å². The van der Waals surface area contributed by atoms with E-state index in [1.807, 2.05) is 29.2 Å². The van der Waals surface area contributed by atoms with Crippen LogP contribution in [-0.2, 0) is 10.0 Å². The van der Waals surface area contributed by atoms with E-state index in [1.54, 1.807) is 18.3 Å². The highest BCUT2D eigenvalue weighted by Gasteiger charge is 2.42. The quantitative estimate of drug-likeness (QED) is 0.257. The SMILES string of the molecule is COc1ccc(N2C(=S)N[C@H](c3ccccn3)[C@@H]2c2cc(C)n(-c3c(C)cc(C)cc3C)c2C)cc1NS(C)(=O)=O. The van der Waals surface area contributed by atoms with E-state index in [2.05, 4.69) is 72.4 Å². The van der Waals surface area contributed by atoms with E-state index in [0.717, 1.165) is 34.6 Å². The molecular formula is C31H35N5O3S2. The molecule has 2 N–H and O–H groups in total. The third kappa shape index (κ3) is 5.41. The number of anilines is 2. The third-order valence-electron chi connectivity index (χ3n) is 7.50. The van der Waals surface area contributed by atoms with Crippen LogP contribution < -0.4 is 19.7 Å². The molecule has 1 aliphatic rings. The van der Waals surface area contributed by atoms with Crippen LogP contribution in [0.3, 0.4) is 0 Å². The van der Waals surface area contributed by atoms with Gasteiger partial charge in [-0.3, -0.25) is 9.71 Å². The Hall–Kier alpha value is -3.89. The Balaban J connectivity index is 1.71. The molecule has 0 saturated carbocycles. The molecule has 8 nitrogen and oxygen atoms in total. The van der Waals surface area contributed by atoms with Crippen LogP contribution in [0.2, 0.25) is 0 Å². The number of hydrogen-bond donors (Lipinski definition) is 2. The smallest absolute Gasteiger partial charge is 0.229 e. The second-order valence-corrected chi connectivity index (χ2v) is 12.8. The lowest BCUT2D eigenvalue weighted by atomic mass is 9.96. The van der Waals surface area contributed by atoms with Crippen LogP contribution in [0.15, 0.2) is 60.8 Å². The molecule has 0 spiro atoms. The van der Waals surface area contributed by atoms with Crippen molar-refractivity contribution >= 4 is 38.7 Å². The van der Waals surface area contributed by atoms with E-state index in [4.69, 9.17) is 17.0 Å². The number of thiocarbonyl (C=S) groups is 1. The lowest BCUT2D eigenvalue weighted by Gasteiger charge is -2.29. The second-order valence-electron chi connectivity index (χ2n) is 10.7. The van der Waals surface area contributed by atoms with E-state index < -0.39 is 10.0 Å². The van der Waals surface area contributed by atoms with Gasteiger partial charge in [0.1, 0.15) is 5.75 Å². The van der Waals surface area contributed by atoms with Gasteiger partial charge in [-0.1, -0.05) is 23.8 Å². The number of pyridine rings is 1. The summed E-state index contributed by atoms with van der Waals surface area (Å²) < 4.78 is 34.7. The normalized spacial score (nSPS) is 17.0. The Morgan fingerprint density at radius 2 is 1.71 bits per heavy atom. The van der Waals surface area contributed by atoms with Crippen molar-refractivity contribution in [1.82, 2.24) is 14.9 Å². The standard InChI is InChI=1S/C31H35N5O3S2/c1-18-14-19(2)29(20(3)15-18)35-21(4)16-24(22(35)5)30-28(25-10-8-9-13-32-25)33-31(40)36(30)23-11-12-27(39-6)26(17-23)34-41(7,37)38/h8-17,28,30,34H,1-7H3,(H,33,40)/t28-,30+/m1/s1. The maximum absolute atomic E-state index is 12.2. The van der Waals surface area contributed by atoms with Crippen LogP contribution >= 0.6 is 12.2 Å². The molecule has 0 unspecified atom stereocenters. The number of nitrogens with one attached hydrogen (secondary N) is 2. The largest absolute Gasteiger partial charge is 0.495 e. The summed E-state index contributed by atoms with van der Waals surface area (Å²) in [5.74, 6) is 0.415. The number of nitrogens with zero attached hydrogens (tertiary/aromatic N) is 3. The number of hydrogen-bond acceptors (Lipinski definition) is 5. The fraction of sp³-hybridized carbons (Fsp3) is 0.290. The number of aryl methyl sites for hydroxylation is 4. The average Bonchev–Trinajstić information content (AvgIpc) is 3.38. The molecule has 41 heavy (non-hydrogen) atoms. The van der Waals surface area contributed by atoms with E-state index >= 15 is 0 Å². The van der Waals surface area contributed by atoms with Crippen LogP contribution in [0.1, 0.15) is 51.4 Å². The van der Waals surface area contributed by atoms with Crippen molar-refractivity contribution in [2.24, 2.45) is 0 Å².